The average Bonchev–Trinajstić information content (AvgIpc) is 3.00. The van der Waals surface area contributed by atoms with Crippen LogP contribution in [0.3, 0.4) is 0 Å². The van der Waals surface area contributed by atoms with E-state index in [1.807, 2.05) is 72.8 Å². The number of benzene rings is 4. The highest BCUT2D eigenvalue weighted by atomic mass is 16.6. The number of ether oxygens (including phenoxy) is 1. The van der Waals surface area contributed by atoms with Crippen molar-refractivity contribution in [1.29, 1.82) is 5.26 Å². The van der Waals surface area contributed by atoms with Crippen molar-refractivity contribution in [3.05, 3.63) is 114 Å². The van der Waals surface area contributed by atoms with Gasteiger partial charge in [0, 0.05) is 17.7 Å². The Bertz CT molecular complexity index is 1730. The van der Waals surface area contributed by atoms with Crippen molar-refractivity contribution in [3.8, 4) is 18.4 Å². The molecular weight excluding hydrogens is 552 g/mol. The summed E-state index contributed by atoms with van der Waals surface area (Å²) in [6, 6.07) is 28.7. The molecule has 4 aromatic rings. The van der Waals surface area contributed by atoms with Gasteiger partial charge in [0.15, 0.2) is 0 Å². The molecule has 2 atom stereocenters. The summed E-state index contributed by atoms with van der Waals surface area (Å²) in [5.41, 5.74) is 1.22. The summed E-state index contributed by atoms with van der Waals surface area (Å²) in [6.45, 7) is 4.69. The maximum absolute atomic E-state index is 14.4. The lowest BCUT2D eigenvalue weighted by Crippen LogP contribution is -2.53. The van der Waals surface area contributed by atoms with E-state index >= 15 is 0 Å². The molecular formula is C36H34N4O4. The maximum atomic E-state index is 14.4. The van der Waals surface area contributed by atoms with Crippen molar-refractivity contribution in [2.24, 2.45) is 0 Å². The first-order chi connectivity index (χ1) is 21.1. The molecule has 8 nitrogen and oxygen atoms in total. The quantitative estimate of drug-likeness (QED) is 0.185. The zero-order valence-corrected chi connectivity index (χ0v) is 24.9. The van der Waals surface area contributed by atoms with Gasteiger partial charge < -0.3 is 20.3 Å². The number of carbonyl (C=O) groups is 3. The first kappa shape index (κ1) is 31.3. The molecule has 0 aliphatic heterocycles. The van der Waals surface area contributed by atoms with Crippen molar-refractivity contribution in [1.82, 2.24) is 10.2 Å². The third-order valence-electron chi connectivity index (χ3n) is 6.78. The summed E-state index contributed by atoms with van der Waals surface area (Å²) < 4.78 is 5.45. The Balaban J connectivity index is 1.76. The molecule has 0 radical (unpaired) electrons. The van der Waals surface area contributed by atoms with Gasteiger partial charge in [-0.25, -0.2) is 4.79 Å². The van der Waals surface area contributed by atoms with Gasteiger partial charge in [-0.05, 0) is 60.9 Å². The summed E-state index contributed by atoms with van der Waals surface area (Å²) in [7, 11) is 0. The van der Waals surface area contributed by atoms with Crippen LogP contribution >= 0.6 is 0 Å². The zero-order chi connectivity index (χ0) is 31.7. The molecule has 0 saturated carbocycles. The van der Waals surface area contributed by atoms with Crippen molar-refractivity contribution < 1.29 is 19.1 Å². The Morgan fingerprint density at radius 1 is 0.909 bits per heavy atom. The fourth-order valence-corrected chi connectivity index (χ4v) is 4.87. The standard InChI is InChI=1S/C36H34N4O4/c1-5-26-15-11-12-18-30(26)32(33(41)38-29-20-19-27-16-9-10-17-28(27)24-29)40(22-21-37)34(42)31(23-25-13-7-6-8-14-25)39-35(43)44-36(2,3)4/h1,6-20,24,31-32H,22-23H2,2-4H3,(H,38,41)(H,39,43). The van der Waals surface area contributed by atoms with Gasteiger partial charge in [0.25, 0.3) is 5.91 Å². The highest BCUT2D eigenvalue weighted by molar-refractivity contribution is 6.01. The van der Waals surface area contributed by atoms with Gasteiger partial charge in [-0.15, -0.1) is 6.42 Å². The van der Waals surface area contributed by atoms with Gasteiger partial charge in [0.05, 0.1) is 6.07 Å². The Kier molecular flexibility index (Phi) is 10.0. The first-order valence-corrected chi connectivity index (χ1v) is 14.2. The largest absolute Gasteiger partial charge is 0.444 e. The van der Waals surface area contributed by atoms with Gasteiger partial charge in [-0.2, -0.15) is 5.26 Å². The Morgan fingerprint density at radius 2 is 1.57 bits per heavy atom. The monoisotopic (exact) mass is 586 g/mol. The van der Waals surface area contributed by atoms with Crippen molar-refractivity contribution in [2.75, 3.05) is 11.9 Å². The molecule has 4 aromatic carbocycles. The van der Waals surface area contributed by atoms with E-state index < -0.39 is 42.1 Å². The molecule has 2 N–H and O–H groups in total. The summed E-state index contributed by atoms with van der Waals surface area (Å²) in [4.78, 5) is 42.5. The second kappa shape index (κ2) is 14.0. The number of amides is 3. The molecule has 44 heavy (non-hydrogen) atoms. The Labute approximate surface area is 257 Å². The molecule has 3 amide bonds. The third kappa shape index (κ3) is 8.02. The summed E-state index contributed by atoms with van der Waals surface area (Å²) >= 11 is 0. The molecule has 0 aliphatic rings. The molecule has 2 unspecified atom stereocenters. The summed E-state index contributed by atoms with van der Waals surface area (Å²) in [5.74, 6) is 1.38. The van der Waals surface area contributed by atoms with E-state index in [9.17, 15) is 19.6 Å². The minimum Gasteiger partial charge on any atom is -0.444 e. The number of nitrogens with zero attached hydrogens (tertiary/aromatic N) is 2. The number of hydrogen-bond donors (Lipinski definition) is 2. The molecule has 0 spiro atoms. The summed E-state index contributed by atoms with van der Waals surface area (Å²) in [6.07, 6.45) is 5.11. The fourth-order valence-electron chi connectivity index (χ4n) is 4.87. The van der Waals surface area contributed by atoms with E-state index in [0.717, 1.165) is 21.2 Å². The van der Waals surface area contributed by atoms with Crippen molar-refractivity contribution >= 4 is 34.4 Å². The minimum atomic E-state index is -1.29. The number of terminal acetylenes is 1. The molecule has 0 aromatic heterocycles. The van der Waals surface area contributed by atoms with E-state index in [4.69, 9.17) is 11.2 Å². The number of alkyl carbamates (subject to hydrolysis) is 1. The van der Waals surface area contributed by atoms with E-state index in [-0.39, 0.29) is 6.42 Å². The second-order valence-corrected chi connectivity index (χ2v) is 11.2. The average molecular weight is 587 g/mol. The van der Waals surface area contributed by atoms with Gasteiger partial charge in [-0.3, -0.25) is 9.59 Å². The molecule has 4 rings (SSSR count). The number of rotatable bonds is 9. The van der Waals surface area contributed by atoms with Crippen LogP contribution in [-0.2, 0) is 20.7 Å². The Morgan fingerprint density at radius 3 is 2.25 bits per heavy atom. The number of anilines is 1. The van der Waals surface area contributed by atoms with Crippen molar-refractivity contribution in [3.63, 3.8) is 0 Å². The number of nitrogens with one attached hydrogen (secondary N) is 2. The fraction of sp³-hybridized carbons (Fsp3) is 0.222. The smallest absolute Gasteiger partial charge is 0.408 e. The lowest BCUT2D eigenvalue weighted by atomic mass is 9.96. The first-order valence-electron chi connectivity index (χ1n) is 14.2. The van der Waals surface area contributed by atoms with Crippen LogP contribution in [-0.4, -0.2) is 41.0 Å². The topological polar surface area (TPSA) is 112 Å². The third-order valence-corrected chi connectivity index (χ3v) is 6.78. The summed E-state index contributed by atoms with van der Waals surface area (Å²) in [5, 5.41) is 17.4. The normalized spacial score (nSPS) is 12.2. The van der Waals surface area contributed by atoms with Gasteiger partial charge >= 0.3 is 6.09 Å². The molecule has 0 saturated heterocycles. The van der Waals surface area contributed by atoms with Crippen LogP contribution < -0.4 is 10.6 Å². The highest BCUT2D eigenvalue weighted by Gasteiger charge is 2.37. The van der Waals surface area contributed by atoms with Gasteiger partial charge in [-0.1, -0.05) is 84.8 Å². The van der Waals surface area contributed by atoms with Crippen LogP contribution in [0.5, 0.6) is 0 Å². The molecule has 222 valence electrons. The van der Waals surface area contributed by atoms with Crippen LogP contribution in [0.2, 0.25) is 0 Å². The zero-order valence-electron chi connectivity index (χ0n) is 24.9. The molecule has 0 aliphatic carbocycles. The predicted octanol–water partition coefficient (Wildman–Crippen LogP) is 5.99. The van der Waals surface area contributed by atoms with E-state index in [1.54, 1.807) is 51.1 Å². The number of nitriles is 1. The predicted molar refractivity (Wildman–Crippen MR) is 170 cm³/mol. The van der Waals surface area contributed by atoms with Crippen LogP contribution in [0.25, 0.3) is 10.8 Å². The number of hydrogen-bond acceptors (Lipinski definition) is 5. The molecule has 0 fully saturated rings. The van der Waals surface area contributed by atoms with Crippen molar-refractivity contribution in [2.45, 2.75) is 44.9 Å². The van der Waals surface area contributed by atoms with E-state index in [2.05, 4.69) is 16.6 Å². The second-order valence-electron chi connectivity index (χ2n) is 11.2. The van der Waals surface area contributed by atoms with Crippen LogP contribution in [0, 0.1) is 23.7 Å². The van der Waals surface area contributed by atoms with E-state index in [1.165, 1.54) is 0 Å². The molecule has 0 heterocycles. The van der Waals surface area contributed by atoms with Crippen LogP contribution in [0.1, 0.15) is 43.5 Å². The highest BCUT2D eigenvalue weighted by Crippen LogP contribution is 2.28. The van der Waals surface area contributed by atoms with Gasteiger partial charge in [0.2, 0.25) is 5.91 Å². The maximum Gasteiger partial charge on any atom is 0.408 e. The lowest BCUT2D eigenvalue weighted by Gasteiger charge is -2.33. The van der Waals surface area contributed by atoms with Crippen LogP contribution in [0.4, 0.5) is 10.5 Å². The van der Waals surface area contributed by atoms with Gasteiger partial charge in [0.1, 0.15) is 24.2 Å². The van der Waals surface area contributed by atoms with Crippen LogP contribution in [0.15, 0.2) is 97.1 Å². The minimum absolute atomic E-state index is 0.0939. The van der Waals surface area contributed by atoms with E-state index in [0.29, 0.717) is 16.8 Å². The lowest BCUT2D eigenvalue weighted by molar-refractivity contribution is -0.140. The number of fused-ring (bicyclic) bond motifs is 1. The Hall–Kier alpha value is -5.60. The molecule has 8 heteroatoms. The molecule has 0 bridgehead atoms. The number of carbonyl (C=O) groups excluding carboxylic acids is 3. The SMILES string of the molecule is C#Cc1ccccc1C(C(=O)Nc1ccc2ccccc2c1)N(CC#N)C(=O)C(Cc1ccccc1)NC(=O)OC(C)(C)C.